The number of rotatable bonds is 4. The predicted octanol–water partition coefficient (Wildman–Crippen LogP) is 3.46. The molecule has 0 aliphatic rings. The van der Waals surface area contributed by atoms with Gasteiger partial charge in [0.25, 0.3) is 0 Å². The number of aliphatic hydroxyl groups excluding tert-OH is 1. The van der Waals surface area contributed by atoms with E-state index in [9.17, 15) is 9.90 Å². The third-order valence-corrected chi connectivity index (χ3v) is 3.61. The molecule has 0 heterocycles. The average Bonchev–Trinajstić information content (AvgIpc) is 2.47. The maximum absolute atomic E-state index is 12.0. The molecule has 0 aromatic heterocycles. The summed E-state index contributed by atoms with van der Waals surface area (Å²) >= 11 is 16.7. The Kier molecular flexibility index (Phi) is 5.31. The number of carbonyl (C=O) groups is 1. The second-order valence-electron chi connectivity index (χ2n) is 4.25. The minimum absolute atomic E-state index is 0.265. The molecule has 2 N–H and O–H groups in total. The van der Waals surface area contributed by atoms with E-state index in [4.69, 9.17) is 35.4 Å². The second kappa shape index (κ2) is 7.00. The first-order valence-corrected chi connectivity index (χ1v) is 7.18. The molecule has 0 bridgehead atoms. The summed E-state index contributed by atoms with van der Waals surface area (Å²) in [6.07, 6.45) is -1.42. The van der Waals surface area contributed by atoms with Crippen LogP contribution in [0, 0.1) is 0 Å². The van der Waals surface area contributed by atoms with Crippen LogP contribution in [0.2, 0.25) is 10.0 Å². The first kappa shape index (κ1) is 15.9. The van der Waals surface area contributed by atoms with Crippen LogP contribution >= 0.6 is 35.4 Å². The number of aliphatic hydroxyl groups is 1. The first-order valence-electron chi connectivity index (χ1n) is 6.01. The van der Waals surface area contributed by atoms with Crippen molar-refractivity contribution >= 4 is 46.2 Å². The topological polar surface area (TPSA) is 49.3 Å². The van der Waals surface area contributed by atoms with E-state index in [0.717, 1.165) is 0 Å². The van der Waals surface area contributed by atoms with Crippen LogP contribution in [0.3, 0.4) is 0 Å². The van der Waals surface area contributed by atoms with E-state index < -0.39 is 12.0 Å². The fourth-order valence-corrected chi connectivity index (χ4v) is 2.15. The SMILES string of the molecule is O=C(c1ccc(Cl)cc1)C(O)NC(=S)c1ccc(Cl)cc1. The van der Waals surface area contributed by atoms with Gasteiger partial charge in [0.2, 0.25) is 5.78 Å². The smallest absolute Gasteiger partial charge is 0.211 e. The van der Waals surface area contributed by atoms with Crippen LogP contribution in [-0.4, -0.2) is 22.1 Å². The number of ketones is 1. The molecule has 0 spiro atoms. The van der Waals surface area contributed by atoms with Crippen LogP contribution < -0.4 is 5.32 Å². The monoisotopic (exact) mass is 339 g/mol. The lowest BCUT2D eigenvalue weighted by molar-refractivity contribution is 0.0721. The molecule has 1 atom stereocenters. The maximum atomic E-state index is 12.0. The summed E-state index contributed by atoms with van der Waals surface area (Å²) in [6, 6.07) is 13.0. The minimum atomic E-state index is -1.42. The Balaban J connectivity index is 2.05. The zero-order chi connectivity index (χ0) is 15.4. The third kappa shape index (κ3) is 4.25. The molecule has 108 valence electrons. The second-order valence-corrected chi connectivity index (χ2v) is 5.54. The standard InChI is InChI=1S/C15H11Cl2NO2S/c16-11-5-1-9(2-6-11)13(19)14(20)18-15(21)10-3-7-12(17)8-4-10/h1-8,14,20H,(H,18,21). The zero-order valence-electron chi connectivity index (χ0n) is 10.7. The van der Waals surface area contributed by atoms with Gasteiger partial charge in [0, 0.05) is 21.2 Å². The van der Waals surface area contributed by atoms with Gasteiger partial charge in [0.05, 0.1) is 0 Å². The van der Waals surface area contributed by atoms with Crippen molar-refractivity contribution in [1.82, 2.24) is 5.32 Å². The highest BCUT2D eigenvalue weighted by atomic mass is 35.5. The summed E-state index contributed by atoms with van der Waals surface area (Å²) in [6.45, 7) is 0. The van der Waals surface area contributed by atoms with Crippen LogP contribution in [0.15, 0.2) is 48.5 Å². The number of nitrogens with one attached hydrogen (secondary N) is 1. The Labute approximate surface area is 137 Å². The van der Waals surface area contributed by atoms with Gasteiger partial charge >= 0.3 is 0 Å². The quantitative estimate of drug-likeness (QED) is 0.508. The summed E-state index contributed by atoms with van der Waals surface area (Å²) in [4.78, 5) is 12.3. The van der Waals surface area contributed by atoms with Gasteiger partial charge in [-0.2, -0.15) is 0 Å². The normalized spacial score (nSPS) is 11.8. The number of Topliss-reactive ketones (excluding diaryl/α,β-unsaturated/α-hetero) is 1. The average molecular weight is 340 g/mol. The summed E-state index contributed by atoms with van der Waals surface area (Å²) in [5.74, 6) is -0.483. The van der Waals surface area contributed by atoms with E-state index >= 15 is 0 Å². The Morgan fingerprint density at radius 1 is 0.952 bits per heavy atom. The molecular formula is C15H11Cl2NO2S. The van der Waals surface area contributed by atoms with Crippen molar-refractivity contribution in [2.45, 2.75) is 6.23 Å². The van der Waals surface area contributed by atoms with Crippen molar-refractivity contribution in [2.75, 3.05) is 0 Å². The predicted molar refractivity (Wildman–Crippen MR) is 88.1 cm³/mol. The van der Waals surface area contributed by atoms with Gasteiger partial charge in [-0.3, -0.25) is 4.79 Å². The molecule has 0 saturated carbocycles. The Bertz CT molecular complexity index is 656. The van der Waals surface area contributed by atoms with Crippen LogP contribution in [0.5, 0.6) is 0 Å². The van der Waals surface area contributed by atoms with Crippen molar-refractivity contribution in [3.05, 3.63) is 69.7 Å². The highest BCUT2D eigenvalue weighted by molar-refractivity contribution is 7.80. The fourth-order valence-electron chi connectivity index (χ4n) is 1.65. The van der Waals surface area contributed by atoms with Gasteiger partial charge in [-0.25, -0.2) is 0 Å². The molecule has 0 fully saturated rings. The molecule has 1 unspecified atom stereocenters. The molecule has 0 radical (unpaired) electrons. The zero-order valence-corrected chi connectivity index (χ0v) is 13.0. The van der Waals surface area contributed by atoms with Gasteiger partial charge in [0.15, 0.2) is 6.23 Å². The molecule has 2 aromatic carbocycles. The lowest BCUT2D eigenvalue weighted by Crippen LogP contribution is -2.40. The lowest BCUT2D eigenvalue weighted by atomic mass is 10.1. The highest BCUT2D eigenvalue weighted by Crippen LogP contribution is 2.12. The van der Waals surface area contributed by atoms with Gasteiger partial charge < -0.3 is 10.4 Å². The van der Waals surface area contributed by atoms with Crippen molar-refractivity contribution in [2.24, 2.45) is 0 Å². The molecule has 21 heavy (non-hydrogen) atoms. The number of thiocarbonyl (C=S) groups is 1. The maximum Gasteiger partial charge on any atom is 0.211 e. The number of carbonyl (C=O) groups excluding carboxylic acids is 1. The molecule has 3 nitrogen and oxygen atoms in total. The van der Waals surface area contributed by atoms with Crippen molar-refractivity contribution < 1.29 is 9.90 Å². The van der Waals surface area contributed by atoms with E-state index in [1.54, 1.807) is 48.5 Å². The van der Waals surface area contributed by atoms with Crippen molar-refractivity contribution in [1.29, 1.82) is 0 Å². The molecule has 6 heteroatoms. The number of benzene rings is 2. The number of halogens is 2. The van der Waals surface area contributed by atoms with Gasteiger partial charge in [-0.05, 0) is 36.4 Å². The molecule has 0 aliphatic carbocycles. The third-order valence-electron chi connectivity index (χ3n) is 2.75. The number of hydrogen-bond acceptors (Lipinski definition) is 3. The Morgan fingerprint density at radius 2 is 1.38 bits per heavy atom. The molecule has 2 rings (SSSR count). The molecule has 0 amide bonds. The highest BCUT2D eigenvalue weighted by Gasteiger charge is 2.18. The molecular weight excluding hydrogens is 329 g/mol. The van der Waals surface area contributed by atoms with Gasteiger partial charge in [0.1, 0.15) is 4.99 Å². The summed E-state index contributed by atoms with van der Waals surface area (Å²) in [5, 5.41) is 13.6. The van der Waals surface area contributed by atoms with E-state index in [1.165, 1.54) is 0 Å². The molecule has 2 aromatic rings. The molecule has 0 aliphatic heterocycles. The lowest BCUT2D eigenvalue weighted by Gasteiger charge is -2.14. The van der Waals surface area contributed by atoms with Crippen molar-refractivity contribution in [3.8, 4) is 0 Å². The molecule has 0 saturated heterocycles. The summed E-state index contributed by atoms with van der Waals surface area (Å²) in [7, 11) is 0. The minimum Gasteiger partial charge on any atom is -0.367 e. The van der Waals surface area contributed by atoms with Crippen LogP contribution in [0.25, 0.3) is 0 Å². The van der Waals surface area contributed by atoms with Gasteiger partial charge in [-0.1, -0.05) is 47.6 Å². The van der Waals surface area contributed by atoms with Crippen LogP contribution in [0.1, 0.15) is 15.9 Å². The van der Waals surface area contributed by atoms with Crippen molar-refractivity contribution in [3.63, 3.8) is 0 Å². The summed E-state index contributed by atoms with van der Waals surface area (Å²) < 4.78 is 0. The fraction of sp³-hybridized carbons (Fsp3) is 0.0667. The van der Waals surface area contributed by atoms with E-state index in [0.29, 0.717) is 21.2 Å². The first-order chi connectivity index (χ1) is 9.97. The van der Waals surface area contributed by atoms with E-state index in [-0.39, 0.29) is 4.99 Å². The Hall–Kier alpha value is -1.46. The van der Waals surface area contributed by atoms with E-state index in [1.807, 2.05) is 0 Å². The van der Waals surface area contributed by atoms with Gasteiger partial charge in [-0.15, -0.1) is 0 Å². The van der Waals surface area contributed by atoms with Crippen LogP contribution in [-0.2, 0) is 0 Å². The largest absolute Gasteiger partial charge is 0.367 e. The Morgan fingerprint density at radius 3 is 1.86 bits per heavy atom. The van der Waals surface area contributed by atoms with Crippen LogP contribution in [0.4, 0.5) is 0 Å². The summed E-state index contributed by atoms with van der Waals surface area (Å²) in [5.41, 5.74) is 1.01. The number of hydrogen-bond donors (Lipinski definition) is 2. The van der Waals surface area contributed by atoms with E-state index in [2.05, 4.69) is 5.32 Å².